The van der Waals surface area contributed by atoms with Crippen LogP contribution in [0.1, 0.15) is 33.6 Å². The van der Waals surface area contributed by atoms with E-state index in [1.165, 1.54) is 0 Å². The smallest absolute Gasteiger partial charge is 0.255 e. The van der Waals surface area contributed by atoms with E-state index in [0.29, 0.717) is 57.8 Å². The Balaban J connectivity index is 1.44. The van der Waals surface area contributed by atoms with E-state index in [4.69, 9.17) is 9.72 Å². The first-order valence-electron chi connectivity index (χ1n) is 11.3. The van der Waals surface area contributed by atoms with Gasteiger partial charge in [0.15, 0.2) is 0 Å². The van der Waals surface area contributed by atoms with Crippen molar-refractivity contribution in [2.24, 2.45) is 0 Å². The molecule has 1 saturated heterocycles. The third-order valence-corrected chi connectivity index (χ3v) is 6.38. The molecule has 0 saturated carbocycles. The van der Waals surface area contributed by atoms with Crippen LogP contribution in [0.15, 0.2) is 54.6 Å². The van der Waals surface area contributed by atoms with Crippen LogP contribution in [-0.2, 0) is 28.9 Å². The summed E-state index contributed by atoms with van der Waals surface area (Å²) in [5.41, 5.74) is 4.54. The third-order valence-electron chi connectivity index (χ3n) is 6.38. The molecular weight excluding hydrogens is 402 g/mol. The van der Waals surface area contributed by atoms with E-state index in [9.17, 15) is 9.59 Å². The molecule has 1 aromatic heterocycles. The fourth-order valence-corrected chi connectivity index (χ4v) is 4.63. The number of rotatable bonds is 4. The van der Waals surface area contributed by atoms with Crippen LogP contribution in [0.25, 0.3) is 10.9 Å². The summed E-state index contributed by atoms with van der Waals surface area (Å²) in [6.45, 7) is 3.36. The van der Waals surface area contributed by atoms with E-state index in [1.807, 2.05) is 64.4 Å². The number of pyridine rings is 1. The summed E-state index contributed by atoms with van der Waals surface area (Å²) in [6, 6.07) is 17.9. The van der Waals surface area contributed by atoms with Crippen molar-refractivity contribution >= 4 is 22.7 Å². The van der Waals surface area contributed by atoms with Gasteiger partial charge in [-0.3, -0.25) is 14.6 Å². The summed E-state index contributed by atoms with van der Waals surface area (Å²) >= 11 is 0. The van der Waals surface area contributed by atoms with Gasteiger partial charge < -0.3 is 14.5 Å². The number of carbonyl (C=O) groups excluding carboxylic acids is 2. The quantitative estimate of drug-likeness (QED) is 0.639. The number of aryl methyl sites for hydroxylation is 1. The number of para-hydroxylation sites is 1. The Morgan fingerprint density at radius 1 is 0.906 bits per heavy atom. The van der Waals surface area contributed by atoms with Crippen LogP contribution in [0.3, 0.4) is 0 Å². The van der Waals surface area contributed by atoms with Gasteiger partial charge in [0.1, 0.15) is 0 Å². The number of carbonyl (C=O) groups is 2. The monoisotopic (exact) mass is 429 g/mol. The van der Waals surface area contributed by atoms with Crippen molar-refractivity contribution in [3.05, 3.63) is 77.0 Å². The molecule has 0 atom stereocenters. The molecule has 2 aliphatic heterocycles. The Kier molecular flexibility index (Phi) is 5.86. The minimum absolute atomic E-state index is 0.0155. The summed E-state index contributed by atoms with van der Waals surface area (Å²) < 4.78 is 5.44. The molecule has 3 heterocycles. The highest BCUT2D eigenvalue weighted by molar-refractivity contribution is 6.07. The average Bonchev–Trinajstić information content (AvgIpc) is 2.86. The largest absolute Gasteiger partial charge is 0.378 e. The fourth-order valence-electron chi connectivity index (χ4n) is 4.63. The Morgan fingerprint density at radius 2 is 1.66 bits per heavy atom. The van der Waals surface area contributed by atoms with Gasteiger partial charge in [0, 0.05) is 55.7 Å². The van der Waals surface area contributed by atoms with E-state index in [1.54, 1.807) is 0 Å². The highest BCUT2D eigenvalue weighted by Crippen LogP contribution is 2.30. The summed E-state index contributed by atoms with van der Waals surface area (Å²) in [5, 5.41) is 0.862. The van der Waals surface area contributed by atoms with E-state index < -0.39 is 0 Å². The van der Waals surface area contributed by atoms with Crippen LogP contribution in [0.4, 0.5) is 0 Å². The van der Waals surface area contributed by atoms with Crippen molar-refractivity contribution in [3.63, 3.8) is 0 Å². The topological polar surface area (TPSA) is 62.7 Å². The molecular formula is C26H27N3O3. The zero-order valence-electron chi connectivity index (χ0n) is 18.1. The lowest BCUT2D eigenvalue weighted by Gasteiger charge is -2.32. The van der Waals surface area contributed by atoms with Gasteiger partial charge in [-0.1, -0.05) is 48.5 Å². The van der Waals surface area contributed by atoms with Crippen LogP contribution in [0.5, 0.6) is 0 Å². The van der Waals surface area contributed by atoms with Crippen LogP contribution < -0.4 is 0 Å². The molecule has 1 fully saturated rings. The molecule has 2 aliphatic rings. The molecule has 0 radical (unpaired) electrons. The maximum atomic E-state index is 13.6. The van der Waals surface area contributed by atoms with Gasteiger partial charge in [0.05, 0.1) is 24.3 Å². The summed E-state index contributed by atoms with van der Waals surface area (Å²) in [7, 11) is 0. The number of nitrogens with zero attached hydrogens (tertiary/aromatic N) is 3. The molecule has 0 unspecified atom stereocenters. The fraction of sp³-hybridized carbons (Fsp3) is 0.346. The molecule has 0 N–H and O–H groups in total. The molecule has 2 amide bonds. The van der Waals surface area contributed by atoms with Crippen LogP contribution in [0.2, 0.25) is 0 Å². The first kappa shape index (κ1) is 20.6. The third kappa shape index (κ3) is 4.10. The second kappa shape index (κ2) is 9.09. The SMILES string of the molecule is O=C(CCc1ccccc1)N1CCc2nc3ccccc3c(C(=O)N3CCOCC3)c2C1. The van der Waals surface area contributed by atoms with Crippen molar-refractivity contribution in [2.45, 2.75) is 25.8 Å². The van der Waals surface area contributed by atoms with Crippen molar-refractivity contribution in [1.82, 2.24) is 14.8 Å². The zero-order chi connectivity index (χ0) is 21.9. The van der Waals surface area contributed by atoms with Gasteiger partial charge in [-0.05, 0) is 18.1 Å². The molecule has 2 aromatic carbocycles. The van der Waals surface area contributed by atoms with E-state index in [2.05, 4.69) is 0 Å². The number of amides is 2. The van der Waals surface area contributed by atoms with Crippen molar-refractivity contribution in [2.75, 3.05) is 32.8 Å². The Bertz CT molecular complexity index is 1140. The van der Waals surface area contributed by atoms with Gasteiger partial charge in [-0.25, -0.2) is 0 Å². The molecule has 5 rings (SSSR count). The minimum atomic E-state index is 0.0155. The zero-order valence-corrected chi connectivity index (χ0v) is 18.1. The normalized spacial score (nSPS) is 16.1. The average molecular weight is 430 g/mol. The van der Waals surface area contributed by atoms with Crippen LogP contribution in [-0.4, -0.2) is 59.4 Å². The number of morpholine rings is 1. The number of fused-ring (bicyclic) bond motifs is 2. The molecule has 3 aromatic rings. The molecule has 0 spiro atoms. The minimum Gasteiger partial charge on any atom is -0.378 e. The molecule has 32 heavy (non-hydrogen) atoms. The molecule has 0 aliphatic carbocycles. The highest BCUT2D eigenvalue weighted by Gasteiger charge is 2.30. The Hall–Kier alpha value is -3.25. The number of benzene rings is 2. The lowest BCUT2D eigenvalue weighted by atomic mass is 9.94. The molecule has 164 valence electrons. The summed E-state index contributed by atoms with van der Waals surface area (Å²) in [6.07, 6.45) is 1.85. The van der Waals surface area contributed by atoms with Crippen LogP contribution >= 0.6 is 0 Å². The van der Waals surface area contributed by atoms with Gasteiger partial charge in [0.2, 0.25) is 5.91 Å². The number of aromatic nitrogens is 1. The van der Waals surface area contributed by atoms with Gasteiger partial charge in [-0.15, -0.1) is 0 Å². The maximum absolute atomic E-state index is 13.6. The predicted octanol–water partition coefficient (Wildman–Crippen LogP) is 3.22. The molecule has 0 bridgehead atoms. The molecule has 6 nitrogen and oxygen atoms in total. The molecule has 6 heteroatoms. The first-order valence-corrected chi connectivity index (χ1v) is 11.3. The summed E-state index contributed by atoms with van der Waals surface area (Å²) in [4.78, 5) is 35.2. The van der Waals surface area contributed by atoms with Gasteiger partial charge in [0.25, 0.3) is 5.91 Å². The Morgan fingerprint density at radius 3 is 2.47 bits per heavy atom. The van der Waals surface area contributed by atoms with E-state index in [-0.39, 0.29) is 11.8 Å². The van der Waals surface area contributed by atoms with Gasteiger partial charge >= 0.3 is 0 Å². The number of ether oxygens (including phenoxy) is 1. The lowest BCUT2D eigenvalue weighted by Crippen LogP contribution is -2.42. The maximum Gasteiger partial charge on any atom is 0.255 e. The summed E-state index contributed by atoms with van der Waals surface area (Å²) in [5.74, 6) is 0.138. The second-order valence-corrected chi connectivity index (χ2v) is 8.38. The van der Waals surface area contributed by atoms with E-state index >= 15 is 0 Å². The number of hydrogen-bond donors (Lipinski definition) is 0. The van der Waals surface area contributed by atoms with E-state index in [0.717, 1.165) is 34.1 Å². The first-order chi connectivity index (χ1) is 15.7. The van der Waals surface area contributed by atoms with Crippen molar-refractivity contribution in [3.8, 4) is 0 Å². The predicted molar refractivity (Wildman–Crippen MR) is 122 cm³/mol. The van der Waals surface area contributed by atoms with Crippen molar-refractivity contribution in [1.29, 1.82) is 0 Å². The number of hydrogen-bond acceptors (Lipinski definition) is 4. The standard InChI is InChI=1S/C26H27N3O3/c30-24(11-10-19-6-2-1-3-7-19)29-13-12-23-21(18-29)25(20-8-4-5-9-22(20)27-23)26(31)28-14-16-32-17-15-28/h1-9H,10-18H2. The highest BCUT2D eigenvalue weighted by atomic mass is 16.5. The lowest BCUT2D eigenvalue weighted by molar-refractivity contribution is -0.132. The Labute approximate surface area is 187 Å². The second-order valence-electron chi connectivity index (χ2n) is 8.38. The van der Waals surface area contributed by atoms with Gasteiger partial charge in [-0.2, -0.15) is 0 Å². The van der Waals surface area contributed by atoms with Crippen LogP contribution in [0, 0.1) is 0 Å². The van der Waals surface area contributed by atoms with Crippen molar-refractivity contribution < 1.29 is 14.3 Å².